The number of carbonyl (C=O) groups is 2. The molecule has 0 radical (unpaired) electrons. The molecule has 0 spiro atoms. The van der Waals surface area contributed by atoms with Gasteiger partial charge in [0.25, 0.3) is 5.91 Å². The summed E-state index contributed by atoms with van der Waals surface area (Å²) < 4.78 is 5.86. The molecule has 4 nitrogen and oxygen atoms in total. The topological polar surface area (TPSA) is 55.4 Å². The van der Waals surface area contributed by atoms with E-state index in [0.717, 1.165) is 10.0 Å². The molecule has 108 valence electrons. The van der Waals surface area contributed by atoms with Crippen molar-refractivity contribution in [1.82, 2.24) is 0 Å². The average Bonchev–Trinajstić information content (AvgIpc) is 2.49. The zero-order valence-electron chi connectivity index (χ0n) is 11.4. The lowest BCUT2D eigenvalue weighted by atomic mass is 10.2. The van der Waals surface area contributed by atoms with Gasteiger partial charge < -0.3 is 10.1 Å². The molecule has 0 saturated carbocycles. The molecule has 21 heavy (non-hydrogen) atoms. The summed E-state index contributed by atoms with van der Waals surface area (Å²) in [7, 11) is 0. The highest BCUT2D eigenvalue weighted by atomic mass is 79.9. The lowest BCUT2D eigenvalue weighted by Crippen LogP contribution is -2.20. The van der Waals surface area contributed by atoms with Crippen molar-refractivity contribution in [2.45, 2.75) is 6.92 Å². The Morgan fingerprint density at radius 3 is 2.52 bits per heavy atom. The molecule has 5 heteroatoms. The molecule has 0 aromatic heterocycles. The van der Waals surface area contributed by atoms with E-state index >= 15 is 0 Å². The molecule has 0 saturated heterocycles. The third-order valence-electron chi connectivity index (χ3n) is 2.80. The smallest absolute Gasteiger partial charge is 0.338 e. The fraction of sp³-hybridized carbons (Fsp3) is 0.125. The maximum Gasteiger partial charge on any atom is 0.338 e. The quantitative estimate of drug-likeness (QED) is 0.860. The summed E-state index contributed by atoms with van der Waals surface area (Å²) in [6.45, 7) is 1.64. The van der Waals surface area contributed by atoms with Crippen LogP contribution in [-0.4, -0.2) is 18.5 Å². The predicted molar refractivity (Wildman–Crippen MR) is 84.2 cm³/mol. The van der Waals surface area contributed by atoms with E-state index in [2.05, 4.69) is 21.2 Å². The molecule has 0 atom stereocenters. The van der Waals surface area contributed by atoms with Gasteiger partial charge in [-0.05, 0) is 36.8 Å². The minimum atomic E-state index is -0.518. The molecule has 0 fully saturated rings. The van der Waals surface area contributed by atoms with Gasteiger partial charge in [0, 0.05) is 10.2 Å². The fourth-order valence-electron chi connectivity index (χ4n) is 1.66. The second-order valence-electron chi connectivity index (χ2n) is 4.45. The Bertz CT molecular complexity index is 656. The first kappa shape index (κ1) is 15.3. The number of aryl methyl sites for hydroxylation is 1. The molecule has 1 amide bonds. The van der Waals surface area contributed by atoms with Gasteiger partial charge in [-0.1, -0.05) is 40.2 Å². The number of hydrogen-bond acceptors (Lipinski definition) is 3. The molecule has 0 aliphatic carbocycles. The van der Waals surface area contributed by atoms with E-state index in [1.807, 2.05) is 13.0 Å². The van der Waals surface area contributed by atoms with Crippen LogP contribution in [0.1, 0.15) is 15.9 Å². The molecule has 0 heterocycles. The van der Waals surface area contributed by atoms with E-state index in [1.54, 1.807) is 42.5 Å². The van der Waals surface area contributed by atoms with Crippen molar-refractivity contribution in [3.63, 3.8) is 0 Å². The largest absolute Gasteiger partial charge is 0.452 e. The van der Waals surface area contributed by atoms with Crippen LogP contribution in [0.2, 0.25) is 0 Å². The number of anilines is 1. The van der Waals surface area contributed by atoms with E-state index < -0.39 is 5.97 Å². The molecule has 0 aliphatic rings. The molecular formula is C16H14BrNO3. The molecular weight excluding hydrogens is 334 g/mol. The minimum Gasteiger partial charge on any atom is -0.452 e. The molecule has 1 N–H and O–H groups in total. The number of benzene rings is 2. The van der Waals surface area contributed by atoms with Crippen molar-refractivity contribution in [2.24, 2.45) is 0 Å². The molecule has 2 aromatic rings. The van der Waals surface area contributed by atoms with E-state index in [-0.39, 0.29) is 12.5 Å². The van der Waals surface area contributed by atoms with Gasteiger partial charge in [0.1, 0.15) is 0 Å². The number of halogens is 1. The third-order valence-corrected chi connectivity index (χ3v) is 3.65. The Labute approximate surface area is 131 Å². The first-order valence-corrected chi connectivity index (χ1v) is 7.14. The highest BCUT2D eigenvalue weighted by Gasteiger charge is 2.10. The molecule has 2 rings (SSSR count). The van der Waals surface area contributed by atoms with Crippen LogP contribution in [-0.2, 0) is 9.53 Å². The number of ether oxygens (including phenoxy) is 1. The summed E-state index contributed by atoms with van der Waals surface area (Å²) in [4.78, 5) is 23.4. The van der Waals surface area contributed by atoms with Crippen molar-refractivity contribution in [2.75, 3.05) is 11.9 Å². The summed E-state index contributed by atoms with van der Waals surface area (Å²) >= 11 is 3.39. The lowest BCUT2D eigenvalue weighted by molar-refractivity contribution is -0.119. The standard InChI is InChI=1S/C16H14BrNO3/c1-11-7-8-13(9-14(11)17)18-15(19)10-21-16(20)12-5-3-2-4-6-12/h2-9H,10H2,1H3,(H,18,19). The molecule has 0 unspecified atom stereocenters. The summed E-state index contributed by atoms with van der Waals surface area (Å²) in [5.74, 6) is -0.897. The van der Waals surface area contributed by atoms with Gasteiger partial charge in [-0.15, -0.1) is 0 Å². The summed E-state index contributed by atoms with van der Waals surface area (Å²) in [5, 5.41) is 2.67. The van der Waals surface area contributed by atoms with Crippen LogP contribution < -0.4 is 5.32 Å². The average molecular weight is 348 g/mol. The second-order valence-corrected chi connectivity index (χ2v) is 5.31. The summed E-state index contributed by atoms with van der Waals surface area (Å²) in [6, 6.07) is 14.0. The molecule has 2 aromatic carbocycles. The second kappa shape index (κ2) is 7.04. The van der Waals surface area contributed by atoms with Crippen LogP contribution in [0.15, 0.2) is 53.0 Å². The van der Waals surface area contributed by atoms with Crippen molar-refractivity contribution in [1.29, 1.82) is 0 Å². The zero-order chi connectivity index (χ0) is 15.2. The summed E-state index contributed by atoms with van der Waals surface area (Å²) in [6.07, 6.45) is 0. The van der Waals surface area contributed by atoms with Crippen LogP contribution in [0.3, 0.4) is 0 Å². The third kappa shape index (κ3) is 4.43. The zero-order valence-corrected chi connectivity index (χ0v) is 13.0. The Morgan fingerprint density at radius 1 is 1.14 bits per heavy atom. The normalized spacial score (nSPS) is 10.0. The van der Waals surface area contributed by atoms with Gasteiger partial charge in [-0.2, -0.15) is 0 Å². The molecule has 0 bridgehead atoms. The SMILES string of the molecule is Cc1ccc(NC(=O)COC(=O)c2ccccc2)cc1Br. The minimum absolute atomic E-state index is 0.320. The van der Waals surface area contributed by atoms with Crippen LogP contribution in [0, 0.1) is 6.92 Å². The monoisotopic (exact) mass is 347 g/mol. The van der Waals surface area contributed by atoms with E-state index in [1.165, 1.54) is 0 Å². The number of hydrogen-bond donors (Lipinski definition) is 1. The maximum atomic E-state index is 11.7. The predicted octanol–water partition coefficient (Wildman–Crippen LogP) is 3.55. The number of nitrogens with one attached hydrogen (secondary N) is 1. The van der Waals surface area contributed by atoms with Crippen molar-refractivity contribution in [3.8, 4) is 0 Å². The van der Waals surface area contributed by atoms with Crippen LogP contribution in [0.25, 0.3) is 0 Å². The van der Waals surface area contributed by atoms with Gasteiger partial charge in [-0.3, -0.25) is 4.79 Å². The molecule has 0 aliphatic heterocycles. The highest BCUT2D eigenvalue weighted by Crippen LogP contribution is 2.20. The van der Waals surface area contributed by atoms with Gasteiger partial charge >= 0.3 is 5.97 Å². The Kier molecular flexibility index (Phi) is 5.11. The van der Waals surface area contributed by atoms with E-state index in [9.17, 15) is 9.59 Å². The van der Waals surface area contributed by atoms with Gasteiger partial charge in [0.15, 0.2) is 6.61 Å². The van der Waals surface area contributed by atoms with Gasteiger partial charge in [-0.25, -0.2) is 4.79 Å². The first-order chi connectivity index (χ1) is 10.1. The Morgan fingerprint density at radius 2 is 1.86 bits per heavy atom. The number of carbonyl (C=O) groups excluding carboxylic acids is 2. The van der Waals surface area contributed by atoms with Gasteiger partial charge in [0.05, 0.1) is 5.56 Å². The number of amides is 1. The van der Waals surface area contributed by atoms with Crippen LogP contribution in [0.5, 0.6) is 0 Å². The highest BCUT2D eigenvalue weighted by molar-refractivity contribution is 9.10. The Balaban J connectivity index is 1.87. The summed E-state index contributed by atoms with van der Waals surface area (Å²) in [5.41, 5.74) is 2.14. The van der Waals surface area contributed by atoms with Crippen molar-refractivity contribution < 1.29 is 14.3 Å². The number of rotatable bonds is 4. The van der Waals surface area contributed by atoms with Crippen LogP contribution in [0.4, 0.5) is 5.69 Å². The lowest BCUT2D eigenvalue weighted by Gasteiger charge is -2.08. The first-order valence-electron chi connectivity index (χ1n) is 6.34. The fourth-order valence-corrected chi connectivity index (χ4v) is 2.04. The Hall–Kier alpha value is -2.14. The maximum absolute atomic E-state index is 11.7. The van der Waals surface area contributed by atoms with Crippen molar-refractivity contribution in [3.05, 3.63) is 64.1 Å². The van der Waals surface area contributed by atoms with Gasteiger partial charge in [0.2, 0.25) is 0 Å². The van der Waals surface area contributed by atoms with Crippen LogP contribution >= 0.6 is 15.9 Å². The van der Waals surface area contributed by atoms with E-state index in [4.69, 9.17) is 4.74 Å². The van der Waals surface area contributed by atoms with E-state index in [0.29, 0.717) is 11.3 Å². The van der Waals surface area contributed by atoms with Crippen molar-refractivity contribution >= 4 is 33.5 Å². The number of esters is 1.